The molecule has 0 spiro atoms. The lowest BCUT2D eigenvalue weighted by Gasteiger charge is -2.20. The minimum Gasteiger partial charge on any atom is -0.477 e. The number of carboxylic acid groups (broad SMARTS) is 1. The van der Waals surface area contributed by atoms with Crippen molar-refractivity contribution in [3.63, 3.8) is 0 Å². The number of nitrogens with zero attached hydrogens (tertiary/aromatic N) is 3. The van der Waals surface area contributed by atoms with Crippen LogP contribution < -0.4 is 0 Å². The van der Waals surface area contributed by atoms with Crippen molar-refractivity contribution in [1.82, 2.24) is 14.9 Å². The first-order valence-corrected chi connectivity index (χ1v) is 6.60. The van der Waals surface area contributed by atoms with Crippen LogP contribution in [0.15, 0.2) is 55.3 Å². The molecule has 1 N–H and O–H groups in total. The third kappa shape index (κ3) is 3.99. The van der Waals surface area contributed by atoms with Crippen molar-refractivity contribution < 1.29 is 14.7 Å². The van der Waals surface area contributed by atoms with Crippen LogP contribution in [0.2, 0.25) is 0 Å². The lowest BCUT2D eigenvalue weighted by Crippen LogP contribution is -2.29. The van der Waals surface area contributed by atoms with Gasteiger partial charge in [-0.3, -0.25) is 9.78 Å². The van der Waals surface area contributed by atoms with E-state index in [1.165, 1.54) is 17.0 Å². The van der Waals surface area contributed by atoms with Crippen molar-refractivity contribution >= 4 is 11.9 Å². The van der Waals surface area contributed by atoms with Gasteiger partial charge in [-0.15, -0.1) is 0 Å². The molecule has 0 saturated carbocycles. The molecule has 1 amide bonds. The van der Waals surface area contributed by atoms with E-state index >= 15 is 0 Å². The molecule has 0 bridgehead atoms. The number of carbonyl (C=O) groups is 2. The van der Waals surface area contributed by atoms with E-state index in [0.717, 1.165) is 5.69 Å². The molecule has 2 aromatic rings. The zero-order valence-corrected chi connectivity index (χ0v) is 11.8. The third-order valence-corrected chi connectivity index (χ3v) is 2.94. The fourth-order valence-electron chi connectivity index (χ4n) is 1.91. The molecule has 0 aliphatic heterocycles. The van der Waals surface area contributed by atoms with E-state index in [9.17, 15) is 9.59 Å². The van der Waals surface area contributed by atoms with Crippen molar-refractivity contribution in [3.8, 4) is 0 Å². The Morgan fingerprint density at radius 2 is 1.86 bits per heavy atom. The van der Waals surface area contributed by atoms with E-state index in [1.807, 2.05) is 12.1 Å². The molecule has 0 aromatic carbocycles. The summed E-state index contributed by atoms with van der Waals surface area (Å²) >= 11 is 0. The second-order valence-electron chi connectivity index (χ2n) is 4.54. The summed E-state index contributed by atoms with van der Waals surface area (Å²) < 4.78 is 0. The van der Waals surface area contributed by atoms with Crippen LogP contribution >= 0.6 is 0 Å². The highest BCUT2D eigenvalue weighted by molar-refractivity contribution is 5.87. The molecule has 0 aliphatic carbocycles. The highest BCUT2D eigenvalue weighted by atomic mass is 16.4. The molecule has 0 saturated heterocycles. The van der Waals surface area contributed by atoms with Crippen LogP contribution in [0.1, 0.15) is 21.9 Å². The molecule has 22 heavy (non-hydrogen) atoms. The monoisotopic (exact) mass is 297 g/mol. The molecule has 0 unspecified atom stereocenters. The first-order valence-electron chi connectivity index (χ1n) is 6.60. The summed E-state index contributed by atoms with van der Waals surface area (Å²) in [5, 5.41) is 8.96. The molecule has 2 heterocycles. The Morgan fingerprint density at radius 3 is 2.50 bits per heavy atom. The number of carboxylic acids is 1. The van der Waals surface area contributed by atoms with Gasteiger partial charge in [0.25, 0.3) is 0 Å². The summed E-state index contributed by atoms with van der Waals surface area (Å²) in [6.07, 6.45) is 2.86. The van der Waals surface area contributed by atoms with Gasteiger partial charge in [-0.05, 0) is 30.3 Å². The predicted octanol–water partition coefficient (Wildman–Crippen LogP) is 1.89. The second-order valence-corrected chi connectivity index (χ2v) is 4.54. The molecule has 0 radical (unpaired) electrons. The molecule has 0 aliphatic rings. The topological polar surface area (TPSA) is 83.4 Å². The molecule has 0 fully saturated rings. The third-order valence-electron chi connectivity index (χ3n) is 2.94. The Labute approximate surface area is 127 Å². The van der Waals surface area contributed by atoms with E-state index in [0.29, 0.717) is 12.2 Å². The van der Waals surface area contributed by atoms with Gasteiger partial charge in [0, 0.05) is 6.20 Å². The fourth-order valence-corrected chi connectivity index (χ4v) is 1.91. The number of carbonyl (C=O) groups excluding carboxylic acids is 1. The largest absolute Gasteiger partial charge is 0.477 e. The van der Waals surface area contributed by atoms with Gasteiger partial charge in [0.15, 0.2) is 0 Å². The Kier molecular flexibility index (Phi) is 4.98. The molecule has 6 nitrogen and oxygen atoms in total. The summed E-state index contributed by atoms with van der Waals surface area (Å²) in [6.45, 7) is 3.96. The van der Waals surface area contributed by atoms with Crippen LogP contribution in [0.5, 0.6) is 0 Å². The first kappa shape index (κ1) is 15.4. The maximum atomic E-state index is 12.0. The van der Waals surface area contributed by atoms with Crippen molar-refractivity contribution in [2.45, 2.75) is 13.1 Å². The molecule has 2 aromatic heterocycles. The van der Waals surface area contributed by atoms with Gasteiger partial charge in [0.2, 0.25) is 5.91 Å². The van der Waals surface area contributed by atoms with Crippen LogP contribution in [-0.2, 0) is 17.9 Å². The quantitative estimate of drug-likeness (QED) is 0.823. The number of rotatable bonds is 6. The van der Waals surface area contributed by atoms with E-state index in [-0.39, 0.29) is 18.1 Å². The van der Waals surface area contributed by atoms with Crippen LogP contribution in [-0.4, -0.2) is 31.9 Å². The lowest BCUT2D eigenvalue weighted by atomic mass is 10.2. The van der Waals surface area contributed by atoms with E-state index in [4.69, 9.17) is 5.11 Å². The standard InChI is InChI=1S/C16H15N3O3/c1-2-15(20)19(10-12-6-3-4-9-17-12)11-13-7-5-8-14(18-13)16(21)22/h2-9H,1,10-11H2,(H,21,22). The van der Waals surface area contributed by atoms with Crippen molar-refractivity contribution in [3.05, 3.63) is 72.3 Å². The Balaban J connectivity index is 2.20. The fraction of sp³-hybridized carbons (Fsp3) is 0.125. The van der Waals surface area contributed by atoms with Gasteiger partial charge in [0.1, 0.15) is 5.69 Å². The average molecular weight is 297 g/mol. The van der Waals surface area contributed by atoms with Gasteiger partial charge in [0.05, 0.1) is 24.5 Å². The molecule has 0 atom stereocenters. The normalized spacial score (nSPS) is 10.0. The van der Waals surface area contributed by atoms with Crippen molar-refractivity contribution in [2.75, 3.05) is 0 Å². The van der Waals surface area contributed by atoms with Crippen molar-refractivity contribution in [2.24, 2.45) is 0 Å². The average Bonchev–Trinajstić information content (AvgIpc) is 2.54. The number of hydrogen-bond donors (Lipinski definition) is 1. The Bertz CT molecular complexity index is 686. The summed E-state index contributed by atoms with van der Waals surface area (Å²) in [4.78, 5) is 32.6. The smallest absolute Gasteiger partial charge is 0.354 e. The number of amides is 1. The van der Waals surface area contributed by atoms with Crippen LogP contribution in [0.25, 0.3) is 0 Å². The SMILES string of the molecule is C=CC(=O)N(Cc1ccccn1)Cc1cccc(C(=O)O)n1. The summed E-state index contributed by atoms with van der Waals surface area (Å²) in [5.74, 6) is -1.37. The maximum Gasteiger partial charge on any atom is 0.354 e. The number of aromatic nitrogens is 2. The van der Waals surface area contributed by atoms with Gasteiger partial charge >= 0.3 is 5.97 Å². The van der Waals surface area contributed by atoms with Crippen LogP contribution in [0, 0.1) is 0 Å². The van der Waals surface area contributed by atoms with E-state index in [1.54, 1.807) is 24.4 Å². The number of aromatic carboxylic acids is 1. The molecular weight excluding hydrogens is 282 g/mol. The predicted molar refractivity (Wildman–Crippen MR) is 79.9 cm³/mol. The summed E-state index contributed by atoms with van der Waals surface area (Å²) in [5.41, 5.74) is 1.17. The zero-order valence-electron chi connectivity index (χ0n) is 11.8. The molecule has 6 heteroatoms. The number of pyridine rings is 2. The van der Waals surface area contributed by atoms with E-state index < -0.39 is 5.97 Å². The Hall–Kier alpha value is -3.02. The van der Waals surface area contributed by atoms with Gasteiger partial charge in [-0.2, -0.15) is 0 Å². The van der Waals surface area contributed by atoms with Crippen LogP contribution in [0.4, 0.5) is 0 Å². The van der Waals surface area contributed by atoms with E-state index in [2.05, 4.69) is 16.5 Å². The van der Waals surface area contributed by atoms with Gasteiger partial charge < -0.3 is 10.0 Å². The molecule has 2 rings (SSSR count). The highest BCUT2D eigenvalue weighted by Gasteiger charge is 2.14. The minimum absolute atomic E-state index is 0.0543. The van der Waals surface area contributed by atoms with Crippen molar-refractivity contribution in [1.29, 1.82) is 0 Å². The van der Waals surface area contributed by atoms with Gasteiger partial charge in [-0.1, -0.05) is 18.7 Å². The lowest BCUT2D eigenvalue weighted by molar-refractivity contribution is -0.127. The Morgan fingerprint density at radius 1 is 1.14 bits per heavy atom. The highest BCUT2D eigenvalue weighted by Crippen LogP contribution is 2.09. The second kappa shape index (κ2) is 7.12. The summed E-state index contributed by atoms with van der Waals surface area (Å²) in [7, 11) is 0. The molecular formula is C16H15N3O3. The number of hydrogen-bond acceptors (Lipinski definition) is 4. The maximum absolute atomic E-state index is 12.0. The first-order chi connectivity index (χ1) is 10.6. The zero-order chi connectivity index (χ0) is 15.9. The summed E-state index contributed by atoms with van der Waals surface area (Å²) in [6, 6.07) is 10.1. The molecule has 112 valence electrons. The van der Waals surface area contributed by atoms with Crippen LogP contribution in [0.3, 0.4) is 0 Å². The van der Waals surface area contributed by atoms with Gasteiger partial charge in [-0.25, -0.2) is 9.78 Å². The minimum atomic E-state index is -1.10.